The van der Waals surface area contributed by atoms with Crippen LogP contribution in [0.5, 0.6) is 0 Å². The maximum absolute atomic E-state index is 12.2. The van der Waals surface area contributed by atoms with Crippen molar-refractivity contribution < 1.29 is 9.59 Å². The van der Waals surface area contributed by atoms with Crippen LogP contribution in [0.15, 0.2) is 18.2 Å². The van der Waals surface area contributed by atoms with E-state index in [0.29, 0.717) is 30.1 Å². The van der Waals surface area contributed by atoms with Crippen LogP contribution in [0.1, 0.15) is 12.8 Å². The van der Waals surface area contributed by atoms with Crippen LogP contribution in [0, 0.1) is 5.92 Å². The third-order valence-corrected chi connectivity index (χ3v) is 3.57. The molecule has 2 rings (SSSR count). The molecule has 20 heavy (non-hydrogen) atoms. The molecule has 0 radical (unpaired) electrons. The molecule has 0 aliphatic carbocycles. The maximum Gasteiger partial charge on any atom is 0.229 e. The molecule has 0 bridgehead atoms. The number of nitrogens with zero attached hydrogens (tertiary/aromatic N) is 1. The third kappa shape index (κ3) is 3.42. The fraction of sp³-hybridized carbons (Fsp3) is 0.429. The van der Waals surface area contributed by atoms with E-state index in [2.05, 4.69) is 10.6 Å². The molecule has 0 spiro atoms. The molecule has 6 heteroatoms. The van der Waals surface area contributed by atoms with Gasteiger partial charge in [0.25, 0.3) is 0 Å². The average Bonchev–Trinajstić information content (AvgIpc) is 2.39. The van der Waals surface area contributed by atoms with E-state index in [9.17, 15) is 9.59 Å². The van der Waals surface area contributed by atoms with Crippen molar-refractivity contribution in [1.82, 2.24) is 5.32 Å². The Hall–Kier alpha value is -1.75. The van der Waals surface area contributed by atoms with Gasteiger partial charge in [0.2, 0.25) is 11.8 Å². The number of nitrogens with one attached hydrogen (secondary N) is 2. The van der Waals surface area contributed by atoms with Crippen LogP contribution in [0.25, 0.3) is 0 Å². The smallest absolute Gasteiger partial charge is 0.229 e. The molecule has 2 amide bonds. The Morgan fingerprint density at radius 1 is 1.45 bits per heavy atom. The van der Waals surface area contributed by atoms with Crippen LogP contribution >= 0.6 is 11.6 Å². The van der Waals surface area contributed by atoms with E-state index in [1.165, 1.54) is 0 Å². The van der Waals surface area contributed by atoms with Crippen molar-refractivity contribution in [1.29, 1.82) is 0 Å². The first kappa shape index (κ1) is 14.7. The van der Waals surface area contributed by atoms with Gasteiger partial charge in [-0.25, -0.2) is 0 Å². The summed E-state index contributed by atoms with van der Waals surface area (Å²) in [5.74, 6) is -0.275. The van der Waals surface area contributed by atoms with E-state index >= 15 is 0 Å². The van der Waals surface area contributed by atoms with Gasteiger partial charge < -0.3 is 15.5 Å². The Balaban J connectivity index is 2.11. The quantitative estimate of drug-likeness (QED) is 0.895. The van der Waals surface area contributed by atoms with Gasteiger partial charge in [0, 0.05) is 32.1 Å². The number of carbonyl (C=O) groups is 2. The number of piperidine rings is 1. The number of benzene rings is 1. The highest BCUT2D eigenvalue weighted by atomic mass is 35.5. The Morgan fingerprint density at radius 3 is 2.80 bits per heavy atom. The second kappa shape index (κ2) is 6.13. The first-order valence-corrected chi connectivity index (χ1v) is 6.89. The zero-order valence-electron chi connectivity index (χ0n) is 11.6. The molecule has 1 unspecified atom stereocenters. The minimum atomic E-state index is -0.193. The number of amides is 2. The predicted molar refractivity (Wildman–Crippen MR) is 80.1 cm³/mol. The summed E-state index contributed by atoms with van der Waals surface area (Å²) in [7, 11) is 3.81. The fourth-order valence-electron chi connectivity index (χ4n) is 2.19. The standard InChI is InChI=1S/C14H18ClN3O2/c1-18(2)12-5-4-10(15)7-11(12)17-14(20)9-3-6-13(19)16-8-9/h4-5,7,9H,3,6,8H2,1-2H3,(H,16,19)(H,17,20). The van der Waals surface area contributed by atoms with Crippen molar-refractivity contribution in [3.05, 3.63) is 23.2 Å². The monoisotopic (exact) mass is 295 g/mol. The lowest BCUT2D eigenvalue weighted by Crippen LogP contribution is -2.40. The van der Waals surface area contributed by atoms with Crippen LogP contribution in [0.2, 0.25) is 5.02 Å². The SMILES string of the molecule is CN(C)c1ccc(Cl)cc1NC(=O)C1CCC(=O)NC1. The summed E-state index contributed by atoms with van der Waals surface area (Å²) in [5.41, 5.74) is 1.58. The molecule has 1 saturated heterocycles. The van der Waals surface area contributed by atoms with Crippen molar-refractivity contribution in [2.24, 2.45) is 5.92 Å². The highest BCUT2D eigenvalue weighted by Crippen LogP contribution is 2.28. The molecule has 1 atom stereocenters. The minimum absolute atomic E-state index is 0.00536. The van der Waals surface area contributed by atoms with E-state index in [-0.39, 0.29) is 17.7 Å². The zero-order valence-corrected chi connectivity index (χ0v) is 12.3. The molecular formula is C14H18ClN3O2. The second-order valence-electron chi connectivity index (χ2n) is 5.08. The largest absolute Gasteiger partial charge is 0.376 e. The summed E-state index contributed by atoms with van der Waals surface area (Å²) in [5, 5.41) is 6.18. The van der Waals surface area contributed by atoms with Gasteiger partial charge >= 0.3 is 0 Å². The zero-order chi connectivity index (χ0) is 14.7. The summed E-state index contributed by atoms with van der Waals surface area (Å²) in [6.07, 6.45) is 0.976. The fourth-order valence-corrected chi connectivity index (χ4v) is 2.36. The molecule has 1 aliphatic rings. The number of hydrogen-bond acceptors (Lipinski definition) is 3. The van der Waals surface area contributed by atoms with Gasteiger partial charge in [0.05, 0.1) is 17.3 Å². The first-order valence-electron chi connectivity index (χ1n) is 6.52. The highest BCUT2D eigenvalue weighted by Gasteiger charge is 2.25. The van der Waals surface area contributed by atoms with E-state index in [1.807, 2.05) is 25.1 Å². The number of halogens is 1. The lowest BCUT2D eigenvalue weighted by atomic mass is 9.98. The number of rotatable bonds is 3. The minimum Gasteiger partial charge on any atom is -0.376 e. The number of carbonyl (C=O) groups excluding carboxylic acids is 2. The van der Waals surface area contributed by atoms with Gasteiger partial charge in [-0.1, -0.05) is 11.6 Å². The number of hydrogen-bond donors (Lipinski definition) is 2. The lowest BCUT2D eigenvalue weighted by Gasteiger charge is -2.23. The third-order valence-electron chi connectivity index (χ3n) is 3.33. The van der Waals surface area contributed by atoms with E-state index < -0.39 is 0 Å². The van der Waals surface area contributed by atoms with Gasteiger partial charge in [-0.2, -0.15) is 0 Å². The van der Waals surface area contributed by atoms with E-state index in [1.54, 1.807) is 12.1 Å². The van der Waals surface area contributed by atoms with Crippen LogP contribution in [0.3, 0.4) is 0 Å². The molecule has 5 nitrogen and oxygen atoms in total. The van der Waals surface area contributed by atoms with Gasteiger partial charge in [0.15, 0.2) is 0 Å². The Bertz CT molecular complexity index is 521. The summed E-state index contributed by atoms with van der Waals surface area (Å²) in [6, 6.07) is 5.38. The lowest BCUT2D eigenvalue weighted by molar-refractivity contribution is -0.126. The molecule has 108 valence electrons. The van der Waals surface area contributed by atoms with E-state index in [0.717, 1.165) is 5.69 Å². The van der Waals surface area contributed by atoms with Crippen molar-refractivity contribution >= 4 is 34.8 Å². The summed E-state index contributed by atoms with van der Waals surface area (Å²) in [6.45, 7) is 0.391. The van der Waals surface area contributed by atoms with Gasteiger partial charge in [-0.3, -0.25) is 9.59 Å². The molecule has 1 heterocycles. The topological polar surface area (TPSA) is 61.4 Å². The van der Waals surface area contributed by atoms with Crippen molar-refractivity contribution in [2.45, 2.75) is 12.8 Å². The van der Waals surface area contributed by atoms with Gasteiger partial charge in [-0.15, -0.1) is 0 Å². The molecule has 1 aromatic carbocycles. The van der Waals surface area contributed by atoms with Gasteiger partial charge in [0.1, 0.15) is 0 Å². The molecule has 1 aromatic rings. The first-order chi connectivity index (χ1) is 9.47. The highest BCUT2D eigenvalue weighted by molar-refractivity contribution is 6.31. The molecule has 0 aromatic heterocycles. The predicted octanol–water partition coefficient (Wildman–Crippen LogP) is 1.87. The summed E-state index contributed by atoms with van der Waals surface area (Å²) >= 11 is 5.98. The molecular weight excluding hydrogens is 278 g/mol. The van der Waals surface area contributed by atoms with Gasteiger partial charge in [-0.05, 0) is 24.6 Å². The second-order valence-corrected chi connectivity index (χ2v) is 5.52. The van der Waals surface area contributed by atoms with Crippen molar-refractivity contribution in [3.63, 3.8) is 0 Å². The van der Waals surface area contributed by atoms with Crippen LogP contribution in [-0.4, -0.2) is 32.5 Å². The van der Waals surface area contributed by atoms with E-state index in [4.69, 9.17) is 11.6 Å². The van der Waals surface area contributed by atoms with Crippen molar-refractivity contribution in [3.8, 4) is 0 Å². The van der Waals surface area contributed by atoms with Crippen LogP contribution in [-0.2, 0) is 9.59 Å². The molecule has 0 saturated carbocycles. The Kier molecular flexibility index (Phi) is 4.49. The number of anilines is 2. The molecule has 2 N–H and O–H groups in total. The maximum atomic E-state index is 12.2. The Morgan fingerprint density at radius 2 is 2.20 bits per heavy atom. The van der Waals surface area contributed by atoms with Crippen LogP contribution < -0.4 is 15.5 Å². The molecule has 1 aliphatic heterocycles. The average molecular weight is 296 g/mol. The Labute approximate surface area is 123 Å². The van der Waals surface area contributed by atoms with Crippen molar-refractivity contribution in [2.75, 3.05) is 30.9 Å². The summed E-state index contributed by atoms with van der Waals surface area (Å²) in [4.78, 5) is 25.3. The summed E-state index contributed by atoms with van der Waals surface area (Å²) < 4.78 is 0. The molecule has 1 fully saturated rings. The van der Waals surface area contributed by atoms with Crippen LogP contribution in [0.4, 0.5) is 11.4 Å². The normalized spacial score (nSPS) is 18.4.